The summed E-state index contributed by atoms with van der Waals surface area (Å²) in [4.78, 5) is 27.8. The highest BCUT2D eigenvalue weighted by Gasteiger charge is 2.15. The fourth-order valence-electron chi connectivity index (χ4n) is 3.74. The van der Waals surface area contributed by atoms with Crippen molar-refractivity contribution in [1.29, 1.82) is 0 Å². The van der Waals surface area contributed by atoms with Crippen LogP contribution < -0.4 is 5.32 Å². The van der Waals surface area contributed by atoms with E-state index in [0.717, 1.165) is 16.3 Å². The number of fused-ring (bicyclic) bond motifs is 2. The third-order valence-electron chi connectivity index (χ3n) is 5.32. The quantitative estimate of drug-likeness (QED) is 0.277. The number of nitrogens with one attached hydrogen (secondary N) is 1. The minimum absolute atomic E-state index is 0.0217. The lowest BCUT2D eigenvalue weighted by Gasteiger charge is -2.06. The summed E-state index contributed by atoms with van der Waals surface area (Å²) in [6, 6.07) is 23.5. The van der Waals surface area contributed by atoms with Gasteiger partial charge in [0.25, 0.3) is 11.6 Å². The first-order valence-electron chi connectivity index (χ1n) is 9.95. The number of oxazole rings is 1. The molecule has 5 rings (SSSR count). The van der Waals surface area contributed by atoms with Gasteiger partial charge in [-0.2, -0.15) is 0 Å². The number of carbonyl (C=O) groups is 1. The van der Waals surface area contributed by atoms with Gasteiger partial charge in [-0.1, -0.05) is 36.4 Å². The van der Waals surface area contributed by atoms with Crippen molar-refractivity contribution in [2.75, 3.05) is 5.32 Å². The Morgan fingerprint density at radius 2 is 1.81 bits per heavy atom. The van der Waals surface area contributed by atoms with Gasteiger partial charge in [0.2, 0.25) is 5.89 Å². The van der Waals surface area contributed by atoms with Crippen LogP contribution in [-0.2, 0) is 0 Å². The molecule has 0 aliphatic rings. The molecule has 7 nitrogen and oxygen atoms in total. The fourth-order valence-corrected chi connectivity index (χ4v) is 3.74. The zero-order valence-electron chi connectivity index (χ0n) is 17.0. The van der Waals surface area contributed by atoms with Gasteiger partial charge >= 0.3 is 0 Å². The number of nitro groups is 1. The van der Waals surface area contributed by atoms with Crippen LogP contribution in [0.1, 0.15) is 15.9 Å². The molecular formula is C25H17N3O4. The molecule has 0 aliphatic heterocycles. The van der Waals surface area contributed by atoms with Gasteiger partial charge in [0.15, 0.2) is 5.58 Å². The van der Waals surface area contributed by atoms with E-state index in [1.807, 2.05) is 42.5 Å². The lowest BCUT2D eigenvalue weighted by Crippen LogP contribution is -2.12. The first-order valence-corrected chi connectivity index (χ1v) is 9.95. The smallest absolute Gasteiger partial charge is 0.272 e. The molecule has 0 unspecified atom stereocenters. The highest BCUT2D eigenvalue weighted by Crippen LogP contribution is 2.31. The van der Waals surface area contributed by atoms with Crippen LogP contribution in [0.15, 0.2) is 83.3 Å². The Bertz CT molecular complexity index is 1520. The van der Waals surface area contributed by atoms with E-state index in [1.165, 1.54) is 18.2 Å². The normalized spacial score (nSPS) is 11.0. The van der Waals surface area contributed by atoms with Gasteiger partial charge in [0.1, 0.15) is 5.52 Å². The molecule has 5 aromatic rings. The maximum atomic E-state index is 12.6. The molecule has 0 saturated carbocycles. The molecule has 156 valence electrons. The van der Waals surface area contributed by atoms with E-state index in [9.17, 15) is 14.9 Å². The summed E-state index contributed by atoms with van der Waals surface area (Å²) in [6.07, 6.45) is 0. The van der Waals surface area contributed by atoms with Crippen molar-refractivity contribution in [2.45, 2.75) is 6.92 Å². The largest absolute Gasteiger partial charge is 0.436 e. The van der Waals surface area contributed by atoms with E-state index in [0.29, 0.717) is 33.8 Å². The Labute approximate surface area is 182 Å². The number of nitro benzene ring substituents is 1. The summed E-state index contributed by atoms with van der Waals surface area (Å²) in [7, 11) is 0. The molecule has 1 aromatic heterocycles. The van der Waals surface area contributed by atoms with Crippen LogP contribution in [0, 0.1) is 17.0 Å². The van der Waals surface area contributed by atoms with Gasteiger partial charge in [-0.05, 0) is 54.1 Å². The van der Waals surface area contributed by atoms with Crippen molar-refractivity contribution >= 4 is 39.2 Å². The van der Waals surface area contributed by atoms with Gasteiger partial charge in [0.05, 0.1) is 4.92 Å². The number of rotatable bonds is 4. The average molecular weight is 423 g/mol. The SMILES string of the molecule is Cc1cc(C(=O)Nc2ccc3oc(-c4cccc5ccccc45)nc3c2)ccc1[N+](=O)[O-]. The van der Waals surface area contributed by atoms with Crippen LogP contribution in [0.3, 0.4) is 0 Å². The zero-order valence-corrected chi connectivity index (χ0v) is 17.0. The molecule has 1 N–H and O–H groups in total. The number of amides is 1. The van der Waals surface area contributed by atoms with Gasteiger partial charge in [0, 0.05) is 28.4 Å². The fraction of sp³-hybridized carbons (Fsp3) is 0.0400. The Morgan fingerprint density at radius 3 is 2.62 bits per heavy atom. The maximum Gasteiger partial charge on any atom is 0.272 e. The minimum atomic E-state index is -0.469. The van der Waals surface area contributed by atoms with Crippen LogP contribution in [0.25, 0.3) is 33.3 Å². The van der Waals surface area contributed by atoms with Gasteiger partial charge in [-0.25, -0.2) is 4.98 Å². The van der Waals surface area contributed by atoms with Crippen molar-refractivity contribution in [3.8, 4) is 11.5 Å². The van der Waals surface area contributed by atoms with Crippen molar-refractivity contribution in [2.24, 2.45) is 0 Å². The molecule has 0 aliphatic carbocycles. The van der Waals surface area contributed by atoms with Crippen LogP contribution in [0.5, 0.6) is 0 Å². The van der Waals surface area contributed by atoms with E-state index in [1.54, 1.807) is 25.1 Å². The molecule has 1 heterocycles. The van der Waals surface area contributed by atoms with Crippen LogP contribution in [-0.4, -0.2) is 15.8 Å². The lowest BCUT2D eigenvalue weighted by molar-refractivity contribution is -0.385. The molecule has 0 radical (unpaired) electrons. The topological polar surface area (TPSA) is 98.3 Å². The molecule has 0 saturated heterocycles. The van der Waals surface area contributed by atoms with E-state index < -0.39 is 4.92 Å². The van der Waals surface area contributed by atoms with Crippen molar-refractivity contribution in [3.63, 3.8) is 0 Å². The van der Waals surface area contributed by atoms with Crippen molar-refractivity contribution in [1.82, 2.24) is 4.98 Å². The second kappa shape index (κ2) is 7.63. The summed E-state index contributed by atoms with van der Waals surface area (Å²) in [6.45, 7) is 1.60. The van der Waals surface area contributed by atoms with Crippen LogP contribution in [0.4, 0.5) is 11.4 Å². The maximum absolute atomic E-state index is 12.6. The number of benzene rings is 4. The number of anilines is 1. The minimum Gasteiger partial charge on any atom is -0.436 e. The van der Waals surface area contributed by atoms with E-state index >= 15 is 0 Å². The first-order chi connectivity index (χ1) is 15.5. The molecule has 0 atom stereocenters. The third kappa shape index (κ3) is 3.45. The van der Waals surface area contributed by atoms with Crippen molar-refractivity contribution < 1.29 is 14.1 Å². The highest BCUT2D eigenvalue weighted by molar-refractivity contribution is 6.05. The second-order valence-corrected chi connectivity index (χ2v) is 7.44. The summed E-state index contributed by atoms with van der Waals surface area (Å²) in [5.74, 6) is 0.145. The Hall–Kier alpha value is -4.52. The Balaban J connectivity index is 1.45. The third-order valence-corrected chi connectivity index (χ3v) is 5.32. The summed E-state index contributed by atoms with van der Waals surface area (Å²) >= 11 is 0. The predicted molar refractivity (Wildman–Crippen MR) is 123 cm³/mol. The second-order valence-electron chi connectivity index (χ2n) is 7.44. The number of hydrogen-bond acceptors (Lipinski definition) is 5. The molecule has 1 amide bonds. The molecule has 4 aromatic carbocycles. The monoisotopic (exact) mass is 423 g/mol. The summed E-state index contributed by atoms with van der Waals surface area (Å²) < 4.78 is 5.97. The zero-order chi connectivity index (χ0) is 22.2. The molecule has 32 heavy (non-hydrogen) atoms. The van der Waals surface area contributed by atoms with E-state index in [4.69, 9.17) is 4.42 Å². The average Bonchev–Trinajstić information content (AvgIpc) is 3.21. The summed E-state index contributed by atoms with van der Waals surface area (Å²) in [5, 5.41) is 15.9. The summed E-state index contributed by atoms with van der Waals surface area (Å²) in [5.41, 5.74) is 3.41. The molecule has 7 heteroatoms. The van der Waals surface area contributed by atoms with Crippen molar-refractivity contribution in [3.05, 3.63) is 100 Å². The van der Waals surface area contributed by atoms with Gasteiger partial charge < -0.3 is 9.73 Å². The first kappa shape index (κ1) is 19.4. The number of hydrogen-bond donors (Lipinski definition) is 1. The molecule has 0 spiro atoms. The molecular weight excluding hydrogens is 406 g/mol. The number of carbonyl (C=O) groups excluding carboxylic acids is 1. The van der Waals surface area contributed by atoms with Crippen LogP contribution >= 0.6 is 0 Å². The number of aromatic nitrogens is 1. The van der Waals surface area contributed by atoms with Crippen LogP contribution in [0.2, 0.25) is 0 Å². The number of nitrogens with zero attached hydrogens (tertiary/aromatic N) is 2. The van der Waals surface area contributed by atoms with Gasteiger partial charge in [-0.15, -0.1) is 0 Å². The highest BCUT2D eigenvalue weighted by atomic mass is 16.6. The molecule has 0 fully saturated rings. The standard InChI is InChI=1S/C25H17N3O4/c1-15-13-17(9-11-22(15)28(30)31)24(29)26-18-10-12-23-21(14-18)27-25(32-23)20-8-4-6-16-5-2-3-7-19(16)20/h2-14H,1H3,(H,26,29). The van der Waals surface area contributed by atoms with E-state index in [-0.39, 0.29) is 11.6 Å². The Kier molecular flexibility index (Phi) is 4.63. The predicted octanol–water partition coefficient (Wildman–Crippen LogP) is 6.12. The van der Waals surface area contributed by atoms with E-state index in [2.05, 4.69) is 10.3 Å². The molecule has 0 bridgehead atoms. The van der Waals surface area contributed by atoms with Gasteiger partial charge in [-0.3, -0.25) is 14.9 Å². The lowest BCUT2D eigenvalue weighted by atomic mass is 10.0. The number of aryl methyl sites for hydroxylation is 1. The Morgan fingerprint density at radius 1 is 1.00 bits per heavy atom.